The summed E-state index contributed by atoms with van der Waals surface area (Å²) in [5.41, 5.74) is -1.50. The molecule has 0 radical (unpaired) electrons. The van der Waals surface area contributed by atoms with Crippen molar-refractivity contribution in [2.24, 2.45) is 0 Å². The third-order valence-corrected chi connectivity index (χ3v) is 3.94. The topological polar surface area (TPSA) is 72.2 Å². The highest BCUT2D eigenvalue weighted by molar-refractivity contribution is 5.87. The second-order valence-electron chi connectivity index (χ2n) is 5.65. The molecule has 0 bridgehead atoms. The molecule has 0 atom stereocenters. The summed E-state index contributed by atoms with van der Waals surface area (Å²) in [5.74, 6) is -3.89. The Morgan fingerprint density at radius 3 is 2.44 bits per heavy atom. The van der Waals surface area contributed by atoms with Crippen LogP contribution in [0.3, 0.4) is 0 Å². The first-order chi connectivity index (χ1) is 12.8. The molecule has 2 aromatic carbocycles. The van der Waals surface area contributed by atoms with Gasteiger partial charge in [-0.05, 0) is 24.3 Å². The molecule has 138 valence electrons. The van der Waals surface area contributed by atoms with Crippen LogP contribution in [0.2, 0.25) is 0 Å². The van der Waals surface area contributed by atoms with Gasteiger partial charge in [-0.3, -0.25) is 9.36 Å². The first-order valence-electron chi connectivity index (χ1n) is 7.94. The molecule has 1 heterocycles. The van der Waals surface area contributed by atoms with Crippen LogP contribution >= 0.6 is 0 Å². The molecule has 0 spiro atoms. The van der Waals surface area contributed by atoms with Gasteiger partial charge in [0, 0.05) is 24.1 Å². The van der Waals surface area contributed by atoms with Gasteiger partial charge in [-0.2, -0.15) is 0 Å². The Morgan fingerprint density at radius 1 is 1.19 bits per heavy atom. The number of aryl methyl sites for hydroxylation is 1. The summed E-state index contributed by atoms with van der Waals surface area (Å²) in [7, 11) is 0. The van der Waals surface area contributed by atoms with Crippen LogP contribution in [-0.2, 0) is 11.2 Å². The van der Waals surface area contributed by atoms with Crippen LogP contribution in [-0.4, -0.2) is 20.6 Å². The molecular weight excluding hydrogens is 361 g/mol. The molecule has 0 aliphatic carbocycles. The van der Waals surface area contributed by atoms with Gasteiger partial charge in [-0.1, -0.05) is 13.0 Å². The van der Waals surface area contributed by atoms with Crippen LogP contribution in [0.5, 0.6) is 0 Å². The molecule has 0 saturated carbocycles. The number of carbonyl (C=O) groups is 1. The van der Waals surface area contributed by atoms with Gasteiger partial charge in [0.1, 0.15) is 29.0 Å². The molecule has 1 aromatic heterocycles. The van der Waals surface area contributed by atoms with Crippen molar-refractivity contribution >= 4 is 22.9 Å². The van der Waals surface area contributed by atoms with E-state index in [1.165, 1.54) is 6.07 Å². The average Bonchev–Trinajstić information content (AvgIpc) is 2.61. The number of rotatable bonds is 4. The maximum absolute atomic E-state index is 14.2. The summed E-state index contributed by atoms with van der Waals surface area (Å²) < 4.78 is 43.4. The van der Waals surface area contributed by atoms with Gasteiger partial charge in [0.05, 0.1) is 10.9 Å². The number of para-hydroxylation sites is 1. The lowest BCUT2D eigenvalue weighted by molar-refractivity contribution is -0.131. The number of fused-ring (bicyclic) bond motifs is 1. The van der Waals surface area contributed by atoms with E-state index in [-0.39, 0.29) is 28.7 Å². The van der Waals surface area contributed by atoms with E-state index >= 15 is 0 Å². The van der Waals surface area contributed by atoms with Gasteiger partial charge in [0.2, 0.25) is 0 Å². The minimum atomic E-state index is -1.29. The Kier molecular flexibility index (Phi) is 4.81. The maximum Gasteiger partial charge on any atom is 0.328 e. The van der Waals surface area contributed by atoms with Gasteiger partial charge in [0.15, 0.2) is 0 Å². The number of hydrogen-bond acceptors (Lipinski definition) is 3. The van der Waals surface area contributed by atoms with E-state index in [1.54, 1.807) is 6.92 Å². The molecule has 1 N–H and O–H groups in total. The van der Waals surface area contributed by atoms with E-state index in [4.69, 9.17) is 5.11 Å². The van der Waals surface area contributed by atoms with Crippen molar-refractivity contribution in [2.75, 3.05) is 0 Å². The molecule has 5 nitrogen and oxygen atoms in total. The summed E-state index contributed by atoms with van der Waals surface area (Å²) in [4.78, 5) is 27.7. The minimum absolute atomic E-state index is 0.00909. The Bertz CT molecular complexity index is 1130. The fourth-order valence-corrected chi connectivity index (χ4v) is 2.73. The van der Waals surface area contributed by atoms with Crippen molar-refractivity contribution in [3.63, 3.8) is 0 Å². The van der Waals surface area contributed by atoms with Crippen LogP contribution in [0.4, 0.5) is 13.2 Å². The number of nitrogens with zero attached hydrogens (tertiary/aromatic N) is 2. The van der Waals surface area contributed by atoms with E-state index < -0.39 is 34.7 Å². The average molecular weight is 374 g/mol. The second-order valence-corrected chi connectivity index (χ2v) is 5.65. The molecule has 3 aromatic rings. The monoisotopic (exact) mass is 374 g/mol. The van der Waals surface area contributed by atoms with Gasteiger partial charge in [0.25, 0.3) is 5.56 Å². The number of carboxylic acids is 1. The summed E-state index contributed by atoms with van der Waals surface area (Å²) in [6.45, 7) is 1.64. The fraction of sp³-hybridized carbons (Fsp3) is 0.105. The van der Waals surface area contributed by atoms with Gasteiger partial charge in [-0.15, -0.1) is 0 Å². The minimum Gasteiger partial charge on any atom is -0.478 e. The highest BCUT2D eigenvalue weighted by atomic mass is 19.1. The van der Waals surface area contributed by atoms with E-state index in [2.05, 4.69) is 4.98 Å². The number of hydrogen-bond donors (Lipinski definition) is 1. The van der Waals surface area contributed by atoms with Crippen molar-refractivity contribution in [2.45, 2.75) is 13.3 Å². The van der Waals surface area contributed by atoms with Crippen molar-refractivity contribution in [1.29, 1.82) is 0 Å². The standard InChI is InChI=1S/C19H13F3N2O3/c1-2-16-23-15-9-14(22)10(6-7-17(25)26)8-11(15)19(27)24(16)18-12(20)4-3-5-13(18)21/h3-9H,2H2,1H3,(H,25,26)/b7-6+. The molecule has 0 aliphatic heterocycles. The molecule has 27 heavy (non-hydrogen) atoms. The molecule has 0 unspecified atom stereocenters. The summed E-state index contributed by atoms with van der Waals surface area (Å²) >= 11 is 0. The van der Waals surface area contributed by atoms with E-state index in [9.17, 15) is 22.8 Å². The molecule has 0 saturated heterocycles. The van der Waals surface area contributed by atoms with Gasteiger partial charge >= 0.3 is 5.97 Å². The third-order valence-electron chi connectivity index (χ3n) is 3.94. The number of carboxylic acid groups (broad SMARTS) is 1. The Morgan fingerprint density at radius 2 is 1.85 bits per heavy atom. The predicted molar refractivity (Wildman–Crippen MR) is 93.3 cm³/mol. The van der Waals surface area contributed by atoms with E-state index in [0.29, 0.717) is 6.08 Å². The van der Waals surface area contributed by atoms with E-state index in [1.807, 2.05) is 0 Å². The predicted octanol–water partition coefficient (Wildman–Crippen LogP) is 3.46. The van der Waals surface area contributed by atoms with Crippen molar-refractivity contribution in [1.82, 2.24) is 9.55 Å². The maximum atomic E-state index is 14.2. The molecule has 0 amide bonds. The van der Waals surface area contributed by atoms with Crippen LogP contribution in [0.1, 0.15) is 18.3 Å². The first-order valence-corrected chi connectivity index (χ1v) is 7.94. The smallest absolute Gasteiger partial charge is 0.328 e. The highest BCUT2D eigenvalue weighted by Crippen LogP contribution is 2.21. The normalized spacial score (nSPS) is 11.4. The highest BCUT2D eigenvalue weighted by Gasteiger charge is 2.19. The van der Waals surface area contributed by atoms with Crippen molar-refractivity contribution in [3.8, 4) is 5.69 Å². The largest absolute Gasteiger partial charge is 0.478 e. The number of aliphatic carboxylic acids is 1. The quantitative estimate of drug-likeness (QED) is 0.710. The summed E-state index contributed by atoms with van der Waals surface area (Å²) in [6.07, 6.45) is 1.87. The number of halogens is 3. The second kappa shape index (κ2) is 7.06. The van der Waals surface area contributed by atoms with Crippen LogP contribution < -0.4 is 5.56 Å². The van der Waals surface area contributed by atoms with Crippen molar-refractivity contribution < 1.29 is 23.1 Å². The van der Waals surface area contributed by atoms with Crippen LogP contribution in [0, 0.1) is 17.5 Å². The lowest BCUT2D eigenvalue weighted by Crippen LogP contribution is -2.25. The molecule has 3 rings (SSSR count). The van der Waals surface area contributed by atoms with Crippen LogP contribution in [0.25, 0.3) is 22.7 Å². The number of benzene rings is 2. The third kappa shape index (κ3) is 3.33. The number of aromatic nitrogens is 2. The Hall–Kier alpha value is -3.42. The van der Waals surface area contributed by atoms with Crippen molar-refractivity contribution in [3.05, 3.63) is 75.6 Å². The lowest BCUT2D eigenvalue weighted by atomic mass is 10.1. The van der Waals surface area contributed by atoms with Crippen LogP contribution in [0.15, 0.2) is 41.2 Å². The molecular formula is C19H13F3N2O3. The van der Waals surface area contributed by atoms with Gasteiger partial charge < -0.3 is 5.11 Å². The van der Waals surface area contributed by atoms with E-state index in [0.717, 1.165) is 34.9 Å². The lowest BCUT2D eigenvalue weighted by Gasteiger charge is -2.14. The van der Waals surface area contributed by atoms with Gasteiger partial charge in [-0.25, -0.2) is 22.9 Å². The molecule has 0 aliphatic rings. The Labute approximate surface area is 151 Å². The SMILES string of the molecule is CCc1nc2cc(F)c(/C=C/C(=O)O)cc2c(=O)n1-c1c(F)cccc1F. The molecule has 0 fully saturated rings. The Balaban J connectivity index is 2.38. The summed E-state index contributed by atoms with van der Waals surface area (Å²) in [6, 6.07) is 5.29. The zero-order valence-corrected chi connectivity index (χ0v) is 14.0. The zero-order valence-electron chi connectivity index (χ0n) is 14.0. The fourth-order valence-electron chi connectivity index (χ4n) is 2.73. The summed E-state index contributed by atoms with van der Waals surface area (Å²) in [5, 5.41) is 8.59. The first kappa shape index (κ1) is 18.4. The zero-order chi connectivity index (χ0) is 19.7. The molecule has 8 heteroatoms.